The SMILES string of the molecule is CCN(CC)c1ccc(/C=C/c2ccc([N+](=O)[O-])cc2)c(OCn2nnc3ccccc32)c1. The zero-order valence-corrected chi connectivity index (χ0v) is 18.6. The van der Waals surface area contributed by atoms with Crippen molar-refractivity contribution in [2.24, 2.45) is 0 Å². The maximum atomic E-state index is 10.9. The second-order valence-electron chi connectivity index (χ2n) is 7.43. The molecule has 0 N–H and O–H groups in total. The van der Waals surface area contributed by atoms with Gasteiger partial charge in [0.2, 0.25) is 0 Å². The Hall–Kier alpha value is -4.20. The molecule has 0 radical (unpaired) electrons. The fourth-order valence-corrected chi connectivity index (χ4v) is 3.61. The van der Waals surface area contributed by atoms with Crippen molar-refractivity contribution in [1.82, 2.24) is 15.0 Å². The van der Waals surface area contributed by atoms with Crippen molar-refractivity contribution in [2.75, 3.05) is 18.0 Å². The lowest BCUT2D eigenvalue weighted by Crippen LogP contribution is -2.21. The molecule has 0 spiro atoms. The van der Waals surface area contributed by atoms with E-state index in [0.717, 1.165) is 46.7 Å². The Balaban J connectivity index is 1.62. The van der Waals surface area contributed by atoms with Gasteiger partial charge in [-0.2, -0.15) is 0 Å². The van der Waals surface area contributed by atoms with E-state index in [0.29, 0.717) is 0 Å². The molecule has 8 heteroatoms. The third-order valence-electron chi connectivity index (χ3n) is 5.45. The molecule has 0 bridgehead atoms. The summed E-state index contributed by atoms with van der Waals surface area (Å²) in [4.78, 5) is 12.7. The van der Waals surface area contributed by atoms with Gasteiger partial charge in [0, 0.05) is 42.5 Å². The molecule has 0 atom stereocenters. The first-order valence-electron chi connectivity index (χ1n) is 10.8. The fraction of sp³-hybridized carbons (Fsp3) is 0.200. The number of aromatic nitrogens is 3. The number of hydrogen-bond acceptors (Lipinski definition) is 6. The van der Waals surface area contributed by atoms with E-state index in [2.05, 4.69) is 35.1 Å². The molecule has 0 saturated carbocycles. The van der Waals surface area contributed by atoms with Crippen molar-refractivity contribution in [1.29, 1.82) is 0 Å². The third kappa shape index (κ3) is 5.01. The molecule has 1 heterocycles. The number of nitro benzene ring substituents is 1. The van der Waals surface area contributed by atoms with Gasteiger partial charge in [-0.3, -0.25) is 10.1 Å². The van der Waals surface area contributed by atoms with Crippen LogP contribution in [0.2, 0.25) is 0 Å². The zero-order chi connectivity index (χ0) is 23.2. The molecule has 8 nitrogen and oxygen atoms in total. The quantitative estimate of drug-likeness (QED) is 0.196. The third-order valence-corrected chi connectivity index (χ3v) is 5.45. The van der Waals surface area contributed by atoms with E-state index in [4.69, 9.17) is 4.74 Å². The molecule has 4 aromatic rings. The van der Waals surface area contributed by atoms with E-state index in [9.17, 15) is 10.1 Å². The smallest absolute Gasteiger partial charge is 0.269 e. The summed E-state index contributed by atoms with van der Waals surface area (Å²) in [6, 6.07) is 20.3. The van der Waals surface area contributed by atoms with Gasteiger partial charge >= 0.3 is 0 Å². The lowest BCUT2D eigenvalue weighted by Gasteiger charge is -2.22. The molecule has 1 aromatic heterocycles. The molecular weight excluding hydrogens is 418 g/mol. The Morgan fingerprint density at radius 2 is 1.79 bits per heavy atom. The molecule has 3 aromatic carbocycles. The highest BCUT2D eigenvalue weighted by Crippen LogP contribution is 2.28. The number of nitrogens with zero attached hydrogens (tertiary/aromatic N) is 5. The summed E-state index contributed by atoms with van der Waals surface area (Å²) in [5, 5.41) is 19.3. The van der Waals surface area contributed by atoms with Crippen molar-refractivity contribution in [3.63, 3.8) is 0 Å². The number of para-hydroxylation sites is 1. The van der Waals surface area contributed by atoms with Crippen LogP contribution < -0.4 is 9.64 Å². The van der Waals surface area contributed by atoms with Gasteiger partial charge in [-0.05, 0) is 55.8 Å². The number of rotatable bonds is 9. The second-order valence-corrected chi connectivity index (χ2v) is 7.43. The summed E-state index contributed by atoms with van der Waals surface area (Å²) < 4.78 is 7.93. The van der Waals surface area contributed by atoms with Gasteiger partial charge in [-0.25, -0.2) is 4.68 Å². The number of non-ortho nitro benzene ring substituents is 1. The first-order chi connectivity index (χ1) is 16.1. The predicted octanol–water partition coefficient (Wildman–Crippen LogP) is 5.39. The highest BCUT2D eigenvalue weighted by molar-refractivity contribution is 5.75. The average molecular weight is 444 g/mol. The highest BCUT2D eigenvalue weighted by atomic mass is 16.6. The molecule has 0 amide bonds. The summed E-state index contributed by atoms with van der Waals surface area (Å²) in [7, 11) is 0. The second kappa shape index (κ2) is 9.95. The lowest BCUT2D eigenvalue weighted by atomic mass is 10.1. The maximum Gasteiger partial charge on any atom is 0.269 e. The van der Waals surface area contributed by atoms with Gasteiger partial charge in [0.05, 0.1) is 10.4 Å². The van der Waals surface area contributed by atoms with E-state index in [1.165, 1.54) is 12.1 Å². The van der Waals surface area contributed by atoms with E-state index in [-0.39, 0.29) is 12.4 Å². The molecule has 0 fully saturated rings. The van der Waals surface area contributed by atoms with Crippen molar-refractivity contribution in [3.05, 3.63) is 88.0 Å². The predicted molar refractivity (Wildman–Crippen MR) is 130 cm³/mol. The summed E-state index contributed by atoms with van der Waals surface area (Å²) in [5.74, 6) is 0.720. The summed E-state index contributed by atoms with van der Waals surface area (Å²) in [5.41, 5.74) is 4.62. The number of nitro groups is 1. The van der Waals surface area contributed by atoms with Crippen LogP contribution in [-0.2, 0) is 6.73 Å². The average Bonchev–Trinajstić information content (AvgIpc) is 3.26. The monoisotopic (exact) mass is 443 g/mol. The van der Waals surface area contributed by atoms with Crippen molar-refractivity contribution >= 4 is 34.6 Å². The first kappa shape index (κ1) is 22.0. The first-order valence-corrected chi connectivity index (χ1v) is 10.8. The standard InChI is InChI=1S/C25H25N5O3/c1-3-28(4-2)22-16-13-20(12-9-19-10-14-21(15-11-19)30(31)32)25(17-22)33-18-29-24-8-6-5-7-23(24)26-27-29/h5-17H,3-4,18H2,1-2H3/b12-9+. The Kier molecular flexibility index (Phi) is 6.64. The van der Waals surface area contributed by atoms with Crippen LogP contribution in [0.4, 0.5) is 11.4 Å². The maximum absolute atomic E-state index is 10.9. The van der Waals surface area contributed by atoms with Gasteiger partial charge in [0.15, 0.2) is 6.73 Å². The van der Waals surface area contributed by atoms with Crippen LogP contribution >= 0.6 is 0 Å². The Labute approximate surface area is 191 Å². The van der Waals surface area contributed by atoms with Gasteiger partial charge in [-0.1, -0.05) is 29.5 Å². The van der Waals surface area contributed by atoms with Crippen LogP contribution in [-0.4, -0.2) is 33.0 Å². The number of benzene rings is 3. The number of hydrogen-bond donors (Lipinski definition) is 0. The molecule has 0 aliphatic heterocycles. The molecule has 0 unspecified atom stereocenters. The normalized spacial score (nSPS) is 11.2. The van der Waals surface area contributed by atoms with Crippen LogP contribution in [0.3, 0.4) is 0 Å². The Morgan fingerprint density at radius 1 is 1.03 bits per heavy atom. The molecule has 0 aliphatic rings. The number of ether oxygens (including phenoxy) is 1. The molecule has 4 rings (SSSR count). The number of fused-ring (bicyclic) bond motifs is 1. The van der Waals surface area contributed by atoms with Gasteiger partial charge in [0.1, 0.15) is 11.3 Å². The van der Waals surface area contributed by atoms with E-state index < -0.39 is 4.92 Å². The molecular formula is C25H25N5O3. The van der Waals surface area contributed by atoms with E-state index >= 15 is 0 Å². The summed E-state index contributed by atoms with van der Waals surface area (Å²) in [6.07, 6.45) is 3.86. The van der Waals surface area contributed by atoms with Crippen LogP contribution in [0.25, 0.3) is 23.2 Å². The minimum Gasteiger partial charge on any atom is -0.470 e. The molecule has 0 saturated heterocycles. The molecule has 0 aliphatic carbocycles. The summed E-state index contributed by atoms with van der Waals surface area (Å²) in [6.45, 7) is 6.24. The number of anilines is 1. The lowest BCUT2D eigenvalue weighted by molar-refractivity contribution is -0.384. The van der Waals surface area contributed by atoms with Crippen molar-refractivity contribution in [2.45, 2.75) is 20.6 Å². The largest absolute Gasteiger partial charge is 0.470 e. The van der Waals surface area contributed by atoms with E-state index in [1.807, 2.05) is 48.6 Å². The van der Waals surface area contributed by atoms with Crippen LogP contribution in [0.5, 0.6) is 5.75 Å². The minimum absolute atomic E-state index is 0.0693. The van der Waals surface area contributed by atoms with Crippen LogP contribution in [0.15, 0.2) is 66.7 Å². The van der Waals surface area contributed by atoms with Gasteiger partial charge in [0.25, 0.3) is 5.69 Å². The van der Waals surface area contributed by atoms with Crippen molar-refractivity contribution in [3.8, 4) is 5.75 Å². The van der Waals surface area contributed by atoms with Crippen molar-refractivity contribution < 1.29 is 9.66 Å². The zero-order valence-electron chi connectivity index (χ0n) is 18.6. The van der Waals surface area contributed by atoms with Crippen LogP contribution in [0.1, 0.15) is 25.0 Å². The minimum atomic E-state index is -0.404. The topological polar surface area (TPSA) is 86.3 Å². The molecule has 33 heavy (non-hydrogen) atoms. The summed E-state index contributed by atoms with van der Waals surface area (Å²) >= 11 is 0. The fourth-order valence-electron chi connectivity index (χ4n) is 3.61. The molecule has 168 valence electrons. The van der Waals surface area contributed by atoms with E-state index in [1.54, 1.807) is 16.8 Å². The Morgan fingerprint density at radius 3 is 2.52 bits per heavy atom. The van der Waals surface area contributed by atoms with Gasteiger partial charge < -0.3 is 9.64 Å². The Bertz CT molecular complexity index is 1280. The van der Waals surface area contributed by atoms with Crippen LogP contribution in [0, 0.1) is 10.1 Å². The highest BCUT2D eigenvalue weighted by Gasteiger charge is 2.10. The van der Waals surface area contributed by atoms with Gasteiger partial charge in [-0.15, -0.1) is 5.10 Å².